The third kappa shape index (κ3) is 6.56. The van der Waals surface area contributed by atoms with Crippen LogP contribution in [0, 0.1) is 5.92 Å². The third-order valence-electron chi connectivity index (χ3n) is 4.30. The Labute approximate surface area is 159 Å². The molecule has 0 spiro atoms. The van der Waals surface area contributed by atoms with Crippen molar-refractivity contribution in [2.45, 2.75) is 45.4 Å². The van der Waals surface area contributed by atoms with Crippen LogP contribution in [0.1, 0.15) is 32.3 Å². The van der Waals surface area contributed by atoms with Crippen LogP contribution in [0.5, 0.6) is 0 Å². The van der Waals surface area contributed by atoms with E-state index in [1.54, 1.807) is 7.05 Å². The lowest BCUT2D eigenvalue weighted by molar-refractivity contribution is -0.131. The van der Waals surface area contributed by atoms with Gasteiger partial charge < -0.3 is 15.4 Å². The van der Waals surface area contributed by atoms with Gasteiger partial charge in [-0.2, -0.15) is 0 Å². The van der Waals surface area contributed by atoms with Crippen molar-refractivity contribution in [1.82, 2.24) is 21.1 Å². The van der Waals surface area contributed by atoms with Gasteiger partial charge in [0, 0.05) is 13.6 Å². The van der Waals surface area contributed by atoms with E-state index in [0.717, 1.165) is 5.56 Å². The number of hydrazine groups is 1. The number of nitrogens with zero attached hydrogens (tertiary/aromatic N) is 1. The number of ether oxygens (including phenoxy) is 1. The summed E-state index contributed by atoms with van der Waals surface area (Å²) in [6.45, 7) is 4.64. The molecule has 8 nitrogen and oxygen atoms in total. The first-order chi connectivity index (χ1) is 12.9. The fraction of sp³-hybridized carbons (Fsp3) is 0.526. The first-order valence-corrected chi connectivity index (χ1v) is 9.15. The molecule has 3 N–H and O–H groups in total. The fourth-order valence-electron chi connectivity index (χ4n) is 2.89. The van der Waals surface area contributed by atoms with E-state index in [1.807, 2.05) is 44.2 Å². The predicted molar refractivity (Wildman–Crippen MR) is 100 cm³/mol. The van der Waals surface area contributed by atoms with Crippen molar-refractivity contribution in [3.8, 4) is 0 Å². The summed E-state index contributed by atoms with van der Waals surface area (Å²) in [4.78, 5) is 36.5. The van der Waals surface area contributed by atoms with Crippen LogP contribution in [-0.2, 0) is 20.9 Å². The summed E-state index contributed by atoms with van der Waals surface area (Å²) < 4.78 is 5.20. The molecule has 2 atom stereocenters. The Morgan fingerprint density at radius 1 is 1.30 bits per heavy atom. The molecule has 1 saturated heterocycles. The molecule has 1 fully saturated rings. The van der Waals surface area contributed by atoms with Crippen molar-refractivity contribution < 1.29 is 19.1 Å². The van der Waals surface area contributed by atoms with Gasteiger partial charge in [0.25, 0.3) is 5.91 Å². The van der Waals surface area contributed by atoms with Crippen LogP contribution in [-0.4, -0.2) is 48.6 Å². The molecule has 0 saturated carbocycles. The number of hydrogen-bond donors (Lipinski definition) is 3. The van der Waals surface area contributed by atoms with Crippen molar-refractivity contribution >= 4 is 17.9 Å². The Morgan fingerprint density at radius 3 is 2.59 bits per heavy atom. The van der Waals surface area contributed by atoms with Crippen LogP contribution in [0.4, 0.5) is 4.79 Å². The van der Waals surface area contributed by atoms with E-state index in [1.165, 1.54) is 5.01 Å². The highest BCUT2D eigenvalue weighted by molar-refractivity contribution is 5.87. The van der Waals surface area contributed by atoms with E-state index in [0.29, 0.717) is 19.4 Å². The van der Waals surface area contributed by atoms with Crippen molar-refractivity contribution in [1.29, 1.82) is 0 Å². The molecule has 1 unspecified atom stereocenters. The molecule has 0 bridgehead atoms. The first-order valence-electron chi connectivity index (χ1n) is 9.15. The lowest BCUT2D eigenvalue weighted by atomic mass is 10.0. The standard InChI is InChI=1S/C19H28N4O4/c1-13(2)11-15(17(24)22-23(3)16-9-10-20-18(16)25)21-19(26)27-12-14-7-5-4-6-8-14/h4-8,13,15-16H,9-12H2,1-3H3,(H,20,25)(H,21,26)(H,22,24)/t15-,16?/m0/s1. The number of amides is 3. The van der Waals surface area contributed by atoms with Crippen LogP contribution in [0.15, 0.2) is 30.3 Å². The molecule has 8 heteroatoms. The van der Waals surface area contributed by atoms with Gasteiger partial charge in [0.15, 0.2) is 0 Å². The summed E-state index contributed by atoms with van der Waals surface area (Å²) >= 11 is 0. The zero-order valence-electron chi connectivity index (χ0n) is 16.0. The van der Waals surface area contributed by atoms with Crippen molar-refractivity contribution in [2.24, 2.45) is 5.92 Å². The van der Waals surface area contributed by atoms with Crippen molar-refractivity contribution in [3.05, 3.63) is 35.9 Å². The van der Waals surface area contributed by atoms with E-state index < -0.39 is 18.2 Å². The monoisotopic (exact) mass is 376 g/mol. The highest BCUT2D eigenvalue weighted by atomic mass is 16.5. The maximum Gasteiger partial charge on any atom is 0.408 e. The Hall–Kier alpha value is -2.61. The molecule has 148 valence electrons. The number of hydrogen-bond acceptors (Lipinski definition) is 5. The second kappa shape index (κ2) is 9.91. The summed E-state index contributed by atoms with van der Waals surface area (Å²) in [7, 11) is 1.65. The maximum absolute atomic E-state index is 12.6. The smallest absolute Gasteiger partial charge is 0.408 e. The minimum atomic E-state index is -0.750. The van der Waals surface area contributed by atoms with Gasteiger partial charge in [0.2, 0.25) is 5.91 Å². The van der Waals surface area contributed by atoms with E-state index >= 15 is 0 Å². The molecule has 3 amide bonds. The van der Waals surface area contributed by atoms with Crippen LogP contribution < -0.4 is 16.1 Å². The Balaban J connectivity index is 1.89. The molecule has 0 radical (unpaired) electrons. The fourth-order valence-corrected chi connectivity index (χ4v) is 2.89. The summed E-state index contributed by atoms with van der Waals surface area (Å²) in [6.07, 6.45) is 0.425. The van der Waals surface area contributed by atoms with Gasteiger partial charge >= 0.3 is 6.09 Å². The summed E-state index contributed by atoms with van der Waals surface area (Å²) in [5.41, 5.74) is 3.57. The minimum Gasteiger partial charge on any atom is -0.445 e. The Morgan fingerprint density at radius 2 is 2.00 bits per heavy atom. The molecule has 1 aliphatic rings. The molecule has 27 heavy (non-hydrogen) atoms. The number of carbonyl (C=O) groups is 3. The highest BCUT2D eigenvalue weighted by Gasteiger charge is 2.31. The first kappa shape index (κ1) is 20.7. The molecule has 0 aromatic heterocycles. The number of carbonyl (C=O) groups excluding carboxylic acids is 3. The third-order valence-corrected chi connectivity index (χ3v) is 4.30. The predicted octanol–water partition coefficient (Wildman–Crippen LogP) is 1.18. The molecular weight excluding hydrogens is 348 g/mol. The number of benzene rings is 1. The molecule has 1 aromatic rings. The minimum absolute atomic E-state index is 0.117. The lowest BCUT2D eigenvalue weighted by Crippen LogP contribution is -2.55. The largest absolute Gasteiger partial charge is 0.445 e. The number of rotatable bonds is 8. The Kier molecular flexibility index (Phi) is 7.60. The summed E-state index contributed by atoms with van der Waals surface area (Å²) in [5.74, 6) is -0.300. The van der Waals surface area contributed by atoms with Crippen molar-refractivity contribution in [3.63, 3.8) is 0 Å². The maximum atomic E-state index is 12.6. The number of nitrogens with one attached hydrogen (secondary N) is 3. The number of likely N-dealkylation sites (N-methyl/N-ethyl adjacent to an activating group) is 1. The lowest BCUT2D eigenvalue weighted by Gasteiger charge is -2.26. The van der Waals surface area contributed by atoms with Crippen LogP contribution >= 0.6 is 0 Å². The second-order valence-corrected chi connectivity index (χ2v) is 7.07. The van der Waals surface area contributed by atoms with E-state index in [-0.39, 0.29) is 24.3 Å². The Bertz CT molecular complexity index is 650. The average Bonchev–Trinajstić information content (AvgIpc) is 3.06. The van der Waals surface area contributed by atoms with Gasteiger partial charge in [-0.05, 0) is 24.3 Å². The van der Waals surface area contributed by atoms with Crippen LogP contribution in [0.2, 0.25) is 0 Å². The van der Waals surface area contributed by atoms with Gasteiger partial charge in [-0.3, -0.25) is 15.0 Å². The SMILES string of the molecule is CC(C)C[C@H](NC(=O)OCc1ccccc1)C(=O)NN(C)C1CCNC1=O. The van der Waals surface area contributed by atoms with E-state index in [2.05, 4.69) is 16.1 Å². The van der Waals surface area contributed by atoms with Crippen molar-refractivity contribution in [2.75, 3.05) is 13.6 Å². The van der Waals surface area contributed by atoms with Gasteiger partial charge in [0.05, 0.1) is 0 Å². The average molecular weight is 376 g/mol. The molecule has 2 rings (SSSR count). The van der Waals surface area contributed by atoms with E-state index in [4.69, 9.17) is 4.74 Å². The quantitative estimate of drug-likeness (QED) is 0.592. The number of alkyl carbamates (subject to hydrolysis) is 1. The molecule has 0 aliphatic carbocycles. The van der Waals surface area contributed by atoms with Gasteiger partial charge in [-0.1, -0.05) is 44.2 Å². The van der Waals surface area contributed by atoms with Gasteiger partial charge in [-0.15, -0.1) is 0 Å². The second-order valence-electron chi connectivity index (χ2n) is 7.07. The van der Waals surface area contributed by atoms with Gasteiger partial charge in [0.1, 0.15) is 18.7 Å². The zero-order valence-corrected chi connectivity index (χ0v) is 16.0. The topological polar surface area (TPSA) is 99.8 Å². The summed E-state index contributed by atoms with van der Waals surface area (Å²) in [6, 6.07) is 8.16. The van der Waals surface area contributed by atoms with Crippen LogP contribution in [0.25, 0.3) is 0 Å². The summed E-state index contributed by atoms with van der Waals surface area (Å²) in [5, 5.41) is 6.85. The molecular formula is C19H28N4O4. The van der Waals surface area contributed by atoms with E-state index in [9.17, 15) is 14.4 Å². The molecule has 1 heterocycles. The molecule has 1 aromatic carbocycles. The van der Waals surface area contributed by atoms with Gasteiger partial charge in [-0.25, -0.2) is 9.80 Å². The zero-order chi connectivity index (χ0) is 19.8. The normalized spacial score (nSPS) is 17.5. The molecule has 1 aliphatic heterocycles. The van der Waals surface area contributed by atoms with Crippen LogP contribution in [0.3, 0.4) is 0 Å². The highest BCUT2D eigenvalue weighted by Crippen LogP contribution is 2.09.